The zero-order chi connectivity index (χ0) is 16.1. The van der Waals surface area contributed by atoms with Crippen LogP contribution in [-0.4, -0.2) is 29.7 Å². The molecule has 5 nitrogen and oxygen atoms in total. The highest BCUT2D eigenvalue weighted by molar-refractivity contribution is 5.95. The van der Waals surface area contributed by atoms with E-state index in [2.05, 4.69) is 15.3 Å². The zero-order valence-electron chi connectivity index (χ0n) is 12.6. The van der Waals surface area contributed by atoms with Crippen LogP contribution in [0.25, 0.3) is 5.57 Å². The molecule has 2 heterocycles. The fraction of sp³-hybridized carbons (Fsp3) is 0.167. The summed E-state index contributed by atoms with van der Waals surface area (Å²) in [6.07, 6.45) is 7.60. The highest BCUT2D eigenvalue weighted by atomic mass is 16.2. The number of amides is 1. The number of allylic oxidation sites excluding steroid dienone is 1. The van der Waals surface area contributed by atoms with E-state index >= 15 is 0 Å². The smallest absolute Gasteiger partial charge is 0.241 e. The van der Waals surface area contributed by atoms with Crippen molar-refractivity contribution in [3.8, 4) is 0 Å². The number of carbonyl (C=O) groups excluding carboxylic acids is 1. The van der Waals surface area contributed by atoms with Gasteiger partial charge in [-0.05, 0) is 35.3 Å². The molecule has 0 radical (unpaired) electrons. The van der Waals surface area contributed by atoms with E-state index in [-0.39, 0.29) is 5.91 Å². The first kappa shape index (κ1) is 15.1. The van der Waals surface area contributed by atoms with Crippen molar-refractivity contribution in [1.82, 2.24) is 4.98 Å². The molecule has 2 aromatic rings. The van der Waals surface area contributed by atoms with Gasteiger partial charge in [0.15, 0.2) is 0 Å². The van der Waals surface area contributed by atoms with Gasteiger partial charge in [0.05, 0.1) is 24.5 Å². The van der Waals surface area contributed by atoms with Crippen molar-refractivity contribution < 1.29 is 4.79 Å². The Morgan fingerprint density at radius 1 is 1.26 bits per heavy atom. The van der Waals surface area contributed by atoms with Gasteiger partial charge in [-0.15, -0.1) is 0 Å². The van der Waals surface area contributed by atoms with Gasteiger partial charge in [0, 0.05) is 12.4 Å². The molecule has 3 rings (SSSR count). The monoisotopic (exact) mass is 306 g/mol. The fourth-order valence-electron chi connectivity index (χ4n) is 2.41. The summed E-state index contributed by atoms with van der Waals surface area (Å²) >= 11 is 0. The van der Waals surface area contributed by atoms with Crippen molar-refractivity contribution in [1.29, 1.82) is 0 Å². The Morgan fingerprint density at radius 2 is 2.09 bits per heavy atom. The van der Waals surface area contributed by atoms with E-state index in [1.54, 1.807) is 18.6 Å². The maximum atomic E-state index is 12.2. The quantitative estimate of drug-likeness (QED) is 0.887. The SMILES string of the molecule is N[C@@H](Cc1ccccc1)C(=O)Nc1cncc(C2=CC=NC2)c1. The summed E-state index contributed by atoms with van der Waals surface area (Å²) < 4.78 is 0. The second-order valence-corrected chi connectivity index (χ2v) is 5.43. The lowest BCUT2D eigenvalue weighted by molar-refractivity contribution is -0.117. The molecular weight excluding hydrogens is 288 g/mol. The topological polar surface area (TPSA) is 80.4 Å². The summed E-state index contributed by atoms with van der Waals surface area (Å²) in [7, 11) is 0. The molecule has 0 bridgehead atoms. The maximum Gasteiger partial charge on any atom is 0.241 e. The minimum absolute atomic E-state index is 0.218. The molecule has 1 amide bonds. The zero-order valence-corrected chi connectivity index (χ0v) is 12.6. The van der Waals surface area contributed by atoms with Gasteiger partial charge in [0.1, 0.15) is 0 Å². The van der Waals surface area contributed by atoms with E-state index in [1.807, 2.05) is 42.5 Å². The lowest BCUT2D eigenvalue weighted by atomic mass is 10.1. The van der Waals surface area contributed by atoms with Gasteiger partial charge in [-0.25, -0.2) is 0 Å². The van der Waals surface area contributed by atoms with Crippen molar-refractivity contribution in [3.05, 3.63) is 66.0 Å². The van der Waals surface area contributed by atoms with Gasteiger partial charge in [-0.3, -0.25) is 14.8 Å². The molecule has 0 aliphatic carbocycles. The minimum Gasteiger partial charge on any atom is -0.323 e. The molecule has 0 saturated carbocycles. The molecule has 116 valence electrons. The van der Waals surface area contributed by atoms with E-state index in [0.717, 1.165) is 16.7 Å². The first-order valence-corrected chi connectivity index (χ1v) is 7.47. The second kappa shape index (κ2) is 6.98. The van der Waals surface area contributed by atoms with Crippen molar-refractivity contribution in [2.75, 3.05) is 11.9 Å². The Morgan fingerprint density at radius 3 is 2.83 bits per heavy atom. The maximum absolute atomic E-state index is 12.2. The number of nitrogens with zero attached hydrogens (tertiary/aromatic N) is 2. The molecule has 0 saturated heterocycles. The van der Waals surface area contributed by atoms with Gasteiger partial charge >= 0.3 is 0 Å². The molecule has 0 spiro atoms. The predicted molar refractivity (Wildman–Crippen MR) is 92.3 cm³/mol. The summed E-state index contributed by atoms with van der Waals surface area (Å²) in [6, 6.07) is 11.0. The molecule has 3 N–H and O–H groups in total. The van der Waals surface area contributed by atoms with E-state index < -0.39 is 6.04 Å². The second-order valence-electron chi connectivity index (χ2n) is 5.43. The van der Waals surface area contributed by atoms with E-state index in [4.69, 9.17) is 5.73 Å². The Bertz CT molecular complexity index is 753. The number of rotatable bonds is 5. The number of hydrogen-bond donors (Lipinski definition) is 2. The molecule has 0 unspecified atom stereocenters. The molecule has 1 aliphatic heterocycles. The normalized spacial score (nSPS) is 14.4. The van der Waals surface area contributed by atoms with Crippen LogP contribution < -0.4 is 11.1 Å². The molecule has 1 aliphatic rings. The molecule has 5 heteroatoms. The summed E-state index contributed by atoms with van der Waals surface area (Å²) in [4.78, 5) is 20.6. The van der Waals surface area contributed by atoms with Crippen LogP contribution in [0.5, 0.6) is 0 Å². The number of hydrogen-bond acceptors (Lipinski definition) is 4. The first-order chi connectivity index (χ1) is 11.2. The molecule has 1 aromatic carbocycles. The van der Waals surface area contributed by atoms with Crippen molar-refractivity contribution in [2.45, 2.75) is 12.5 Å². The average Bonchev–Trinajstić information content (AvgIpc) is 3.10. The van der Waals surface area contributed by atoms with E-state index in [1.165, 1.54) is 0 Å². The summed E-state index contributed by atoms with van der Waals surface area (Å²) in [5, 5.41) is 2.83. The van der Waals surface area contributed by atoms with Crippen LogP contribution in [0, 0.1) is 0 Å². The number of aromatic nitrogens is 1. The highest BCUT2D eigenvalue weighted by Crippen LogP contribution is 2.19. The van der Waals surface area contributed by atoms with Crippen LogP contribution >= 0.6 is 0 Å². The van der Waals surface area contributed by atoms with Crippen molar-refractivity contribution in [2.24, 2.45) is 10.7 Å². The van der Waals surface area contributed by atoms with Crippen LogP contribution in [0.2, 0.25) is 0 Å². The molecule has 0 fully saturated rings. The third kappa shape index (κ3) is 3.90. The molecule has 1 atom stereocenters. The Balaban J connectivity index is 1.64. The van der Waals surface area contributed by atoms with Crippen LogP contribution in [0.1, 0.15) is 11.1 Å². The summed E-state index contributed by atoms with van der Waals surface area (Å²) in [5.41, 5.74) is 9.71. The number of carbonyl (C=O) groups is 1. The number of pyridine rings is 1. The largest absolute Gasteiger partial charge is 0.323 e. The third-order valence-corrected chi connectivity index (χ3v) is 3.65. The van der Waals surface area contributed by atoms with Gasteiger partial charge < -0.3 is 11.1 Å². The van der Waals surface area contributed by atoms with Crippen molar-refractivity contribution in [3.63, 3.8) is 0 Å². The average molecular weight is 306 g/mol. The summed E-state index contributed by atoms with van der Waals surface area (Å²) in [6.45, 7) is 0.645. The standard InChI is InChI=1S/C18H18N4O/c19-17(8-13-4-2-1-3-5-13)18(23)22-16-9-15(11-21-12-16)14-6-7-20-10-14/h1-7,9,11-12,17H,8,10,19H2,(H,22,23)/t17-/m0/s1. The van der Waals surface area contributed by atoms with Crippen LogP contribution in [0.15, 0.2) is 59.9 Å². The summed E-state index contributed by atoms with van der Waals surface area (Å²) in [5.74, 6) is -0.218. The number of anilines is 1. The van der Waals surface area contributed by atoms with E-state index in [9.17, 15) is 4.79 Å². The van der Waals surface area contributed by atoms with Crippen molar-refractivity contribution >= 4 is 23.4 Å². The minimum atomic E-state index is -0.602. The van der Waals surface area contributed by atoms with Gasteiger partial charge in [-0.1, -0.05) is 30.3 Å². The Kier molecular flexibility index (Phi) is 4.59. The lowest BCUT2D eigenvalue weighted by Crippen LogP contribution is -2.37. The Labute approximate surface area is 135 Å². The predicted octanol–water partition coefficient (Wildman–Crippen LogP) is 2.06. The number of benzene rings is 1. The van der Waals surface area contributed by atoms with Gasteiger partial charge in [0.2, 0.25) is 5.91 Å². The van der Waals surface area contributed by atoms with Crippen LogP contribution in [0.4, 0.5) is 5.69 Å². The number of nitrogens with two attached hydrogens (primary N) is 1. The Hall–Kier alpha value is -2.79. The molecule has 1 aromatic heterocycles. The van der Waals surface area contributed by atoms with Gasteiger partial charge in [0.25, 0.3) is 0 Å². The lowest BCUT2D eigenvalue weighted by Gasteiger charge is -2.13. The highest BCUT2D eigenvalue weighted by Gasteiger charge is 2.15. The van der Waals surface area contributed by atoms with Crippen LogP contribution in [-0.2, 0) is 11.2 Å². The van der Waals surface area contributed by atoms with E-state index in [0.29, 0.717) is 18.7 Å². The number of nitrogens with one attached hydrogen (secondary N) is 1. The van der Waals surface area contributed by atoms with Crippen LogP contribution in [0.3, 0.4) is 0 Å². The third-order valence-electron chi connectivity index (χ3n) is 3.65. The number of aliphatic imine (C=N–C) groups is 1. The molecule has 23 heavy (non-hydrogen) atoms. The van der Waals surface area contributed by atoms with Gasteiger partial charge in [-0.2, -0.15) is 0 Å². The molecular formula is C18H18N4O. The fourth-order valence-corrected chi connectivity index (χ4v) is 2.41. The first-order valence-electron chi connectivity index (χ1n) is 7.47.